The highest BCUT2D eigenvalue weighted by Crippen LogP contribution is 2.17. The topological polar surface area (TPSA) is 88.2 Å². The lowest BCUT2D eigenvalue weighted by Crippen LogP contribution is -2.17. The Morgan fingerprint density at radius 3 is 2.33 bits per heavy atom. The van der Waals surface area contributed by atoms with Gasteiger partial charge >= 0.3 is 0 Å². The molecule has 1 heterocycles. The van der Waals surface area contributed by atoms with Gasteiger partial charge in [0.15, 0.2) is 11.6 Å². The van der Waals surface area contributed by atoms with Gasteiger partial charge in [0, 0.05) is 23.5 Å². The number of nitrogens with zero attached hydrogens (tertiary/aromatic N) is 1. The quantitative estimate of drug-likeness (QED) is 0.589. The van der Waals surface area contributed by atoms with Gasteiger partial charge in [0.1, 0.15) is 5.82 Å². The summed E-state index contributed by atoms with van der Waals surface area (Å²) >= 11 is 0. The van der Waals surface area contributed by atoms with Crippen LogP contribution in [0.15, 0.2) is 60.8 Å². The lowest BCUT2D eigenvalue weighted by Gasteiger charge is -2.10. The molecule has 3 rings (SSSR count). The summed E-state index contributed by atoms with van der Waals surface area (Å²) in [7, 11) is -3.75. The largest absolute Gasteiger partial charge is 0.322 e. The SMILES string of the molecule is CCc1ccc(CS(=O)(=O)Nc2cc(C(=O)Nc3ccc(F)c(F)c3)ccn2)cc1. The second-order valence-corrected chi connectivity index (χ2v) is 8.27. The van der Waals surface area contributed by atoms with Crippen molar-refractivity contribution in [3.05, 3.63) is 89.1 Å². The first-order valence-electron chi connectivity index (χ1n) is 9.06. The number of halogens is 2. The maximum absolute atomic E-state index is 13.3. The monoisotopic (exact) mass is 431 g/mol. The highest BCUT2D eigenvalue weighted by atomic mass is 32.2. The summed E-state index contributed by atoms with van der Waals surface area (Å²) in [4.78, 5) is 16.3. The standard InChI is InChI=1S/C21H19F2N3O3S/c1-2-14-3-5-15(6-4-14)13-30(28,29)26-20-11-16(9-10-24-20)21(27)25-17-7-8-18(22)19(23)12-17/h3-12H,2,13H2,1H3,(H,24,26)(H,25,27). The first kappa shape index (κ1) is 21.4. The van der Waals surface area contributed by atoms with E-state index < -0.39 is 27.6 Å². The van der Waals surface area contributed by atoms with E-state index in [0.29, 0.717) is 5.56 Å². The lowest BCUT2D eigenvalue weighted by atomic mass is 10.1. The van der Waals surface area contributed by atoms with Crippen molar-refractivity contribution < 1.29 is 22.0 Å². The average molecular weight is 431 g/mol. The zero-order chi connectivity index (χ0) is 21.7. The predicted molar refractivity (Wildman–Crippen MR) is 111 cm³/mol. The number of aromatic nitrogens is 1. The van der Waals surface area contributed by atoms with Crippen molar-refractivity contribution in [1.82, 2.24) is 4.98 Å². The van der Waals surface area contributed by atoms with Gasteiger partial charge in [0.25, 0.3) is 5.91 Å². The molecule has 1 amide bonds. The van der Waals surface area contributed by atoms with Gasteiger partial charge in [-0.15, -0.1) is 0 Å². The van der Waals surface area contributed by atoms with Crippen molar-refractivity contribution in [1.29, 1.82) is 0 Å². The van der Waals surface area contributed by atoms with E-state index in [1.165, 1.54) is 24.4 Å². The fraction of sp³-hybridized carbons (Fsp3) is 0.143. The Bertz CT molecular complexity index is 1170. The van der Waals surface area contributed by atoms with E-state index >= 15 is 0 Å². The van der Waals surface area contributed by atoms with Crippen LogP contribution in [0.25, 0.3) is 0 Å². The number of hydrogen-bond donors (Lipinski definition) is 2. The van der Waals surface area contributed by atoms with Gasteiger partial charge in [-0.2, -0.15) is 0 Å². The number of nitrogens with one attached hydrogen (secondary N) is 2. The fourth-order valence-corrected chi connectivity index (χ4v) is 3.82. The molecule has 0 radical (unpaired) electrons. The highest BCUT2D eigenvalue weighted by Gasteiger charge is 2.15. The van der Waals surface area contributed by atoms with Crippen molar-refractivity contribution in [3.8, 4) is 0 Å². The van der Waals surface area contributed by atoms with Gasteiger partial charge in [-0.3, -0.25) is 9.52 Å². The Balaban J connectivity index is 1.70. The van der Waals surface area contributed by atoms with Crippen LogP contribution in [0, 0.1) is 11.6 Å². The normalized spacial score (nSPS) is 11.2. The molecular formula is C21H19F2N3O3S. The molecule has 0 aliphatic rings. The molecule has 156 valence electrons. The van der Waals surface area contributed by atoms with Crippen LogP contribution < -0.4 is 10.0 Å². The van der Waals surface area contributed by atoms with Gasteiger partial charge in [0.05, 0.1) is 5.75 Å². The average Bonchev–Trinajstić information content (AvgIpc) is 2.71. The summed E-state index contributed by atoms with van der Waals surface area (Å²) in [6.45, 7) is 2.01. The molecule has 0 saturated heterocycles. The Morgan fingerprint density at radius 2 is 1.67 bits per heavy atom. The molecule has 0 aliphatic heterocycles. The summed E-state index contributed by atoms with van der Waals surface area (Å²) in [5.74, 6) is -3.03. The van der Waals surface area contributed by atoms with Gasteiger partial charge < -0.3 is 5.32 Å². The number of carbonyl (C=O) groups is 1. The molecule has 9 heteroatoms. The summed E-state index contributed by atoms with van der Waals surface area (Å²) in [5.41, 5.74) is 1.88. The molecule has 0 bridgehead atoms. The van der Waals surface area contributed by atoms with Crippen LogP contribution in [0.3, 0.4) is 0 Å². The van der Waals surface area contributed by atoms with Crippen LogP contribution >= 0.6 is 0 Å². The minimum Gasteiger partial charge on any atom is -0.322 e. The van der Waals surface area contributed by atoms with E-state index in [2.05, 4.69) is 15.0 Å². The second kappa shape index (κ2) is 9.00. The number of amides is 1. The zero-order valence-corrected chi connectivity index (χ0v) is 16.8. The number of pyridine rings is 1. The van der Waals surface area contributed by atoms with E-state index in [9.17, 15) is 22.0 Å². The van der Waals surface area contributed by atoms with Crippen molar-refractivity contribution in [2.45, 2.75) is 19.1 Å². The molecule has 30 heavy (non-hydrogen) atoms. The van der Waals surface area contributed by atoms with Gasteiger partial charge in [-0.1, -0.05) is 31.2 Å². The second-order valence-electron chi connectivity index (χ2n) is 6.54. The van der Waals surface area contributed by atoms with Gasteiger partial charge in [0.2, 0.25) is 10.0 Å². The molecule has 0 saturated carbocycles. The molecule has 1 aromatic heterocycles. The maximum atomic E-state index is 13.3. The van der Waals surface area contributed by atoms with Crippen LogP contribution in [0.5, 0.6) is 0 Å². The number of anilines is 2. The molecule has 0 unspecified atom stereocenters. The van der Waals surface area contributed by atoms with Crippen LogP contribution in [0.1, 0.15) is 28.4 Å². The third kappa shape index (κ3) is 5.60. The molecule has 0 aliphatic carbocycles. The number of benzene rings is 2. The zero-order valence-electron chi connectivity index (χ0n) is 16.0. The maximum Gasteiger partial charge on any atom is 0.255 e. The van der Waals surface area contributed by atoms with Crippen LogP contribution in [-0.4, -0.2) is 19.3 Å². The number of sulfonamides is 1. The summed E-state index contributed by atoms with van der Waals surface area (Å²) in [5, 5.41) is 2.42. The molecule has 3 aromatic rings. The van der Waals surface area contributed by atoms with E-state index in [1.54, 1.807) is 12.1 Å². The molecule has 2 aromatic carbocycles. The fourth-order valence-electron chi connectivity index (χ4n) is 2.69. The highest BCUT2D eigenvalue weighted by molar-refractivity contribution is 7.91. The summed E-state index contributed by atoms with van der Waals surface area (Å²) < 4.78 is 53.5. The van der Waals surface area contributed by atoms with Gasteiger partial charge in [-0.25, -0.2) is 22.2 Å². The third-order valence-electron chi connectivity index (χ3n) is 4.25. The number of hydrogen-bond acceptors (Lipinski definition) is 4. The number of carbonyl (C=O) groups excluding carboxylic acids is 1. The first-order chi connectivity index (χ1) is 14.3. The first-order valence-corrected chi connectivity index (χ1v) is 10.7. The van der Waals surface area contributed by atoms with Crippen LogP contribution in [-0.2, 0) is 22.2 Å². The number of aryl methyl sites for hydroxylation is 1. The molecule has 0 spiro atoms. The molecule has 6 nitrogen and oxygen atoms in total. The summed E-state index contributed by atoms with van der Waals surface area (Å²) in [6.07, 6.45) is 2.13. The molecular weight excluding hydrogens is 412 g/mol. The smallest absolute Gasteiger partial charge is 0.255 e. The Labute approximate surface area is 173 Å². The Morgan fingerprint density at radius 1 is 0.967 bits per heavy atom. The molecule has 0 fully saturated rings. The van der Waals surface area contributed by atoms with E-state index in [1.807, 2.05) is 19.1 Å². The minimum absolute atomic E-state index is 0.0295. The van der Waals surface area contributed by atoms with E-state index in [4.69, 9.17) is 0 Å². The Hall–Kier alpha value is -3.33. The van der Waals surface area contributed by atoms with E-state index in [-0.39, 0.29) is 22.8 Å². The van der Waals surface area contributed by atoms with Crippen molar-refractivity contribution >= 4 is 27.4 Å². The minimum atomic E-state index is -3.75. The Kier molecular flexibility index (Phi) is 6.41. The van der Waals surface area contributed by atoms with Crippen LogP contribution in [0.4, 0.5) is 20.3 Å². The van der Waals surface area contributed by atoms with Crippen molar-refractivity contribution in [2.75, 3.05) is 10.0 Å². The van der Waals surface area contributed by atoms with Crippen molar-refractivity contribution in [2.24, 2.45) is 0 Å². The van der Waals surface area contributed by atoms with Gasteiger partial charge in [-0.05, 0) is 41.8 Å². The predicted octanol–water partition coefficient (Wildman–Crippen LogP) is 4.12. The molecule has 2 N–H and O–H groups in total. The van der Waals surface area contributed by atoms with Crippen molar-refractivity contribution in [3.63, 3.8) is 0 Å². The third-order valence-corrected chi connectivity index (χ3v) is 5.48. The lowest BCUT2D eigenvalue weighted by molar-refractivity contribution is 0.102. The van der Waals surface area contributed by atoms with Crippen LogP contribution in [0.2, 0.25) is 0 Å². The summed E-state index contributed by atoms with van der Waals surface area (Å²) in [6, 6.07) is 12.8. The molecule has 0 atom stereocenters. The van der Waals surface area contributed by atoms with E-state index in [0.717, 1.165) is 24.1 Å². The number of rotatable bonds is 7.